The minimum absolute atomic E-state index is 0.0884. The van der Waals surface area contributed by atoms with Gasteiger partial charge in [-0.1, -0.05) is 26.0 Å². The van der Waals surface area contributed by atoms with Crippen LogP contribution >= 0.6 is 0 Å². The molecule has 0 unspecified atom stereocenters. The van der Waals surface area contributed by atoms with Crippen molar-refractivity contribution in [1.82, 2.24) is 0 Å². The van der Waals surface area contributed by atoms with Crippen LogP contribution in [0.2, 0.25) is 0 Å². The van der Waals surface area contributed by atoms with Crippen LogP contribution in [0, 0.1) is 0 Å². The SMILES string of the molecule is CCC(CC)Oc1ccccc1C(=O)O. The fraction of sp³-hybridized carbons (Fsp3) is 0.417. The van der Waals surface area contributed by atoms with Crippen LogP contribution in [-0.2, 0) is 0 Å². The van der Waals surface area contributed by atoms with Crippen LogP contribution in [-0.4, -0.2) is 17.2 Å². The first kappa shape index (κ1) is 11.6. The Hall–Kier alpha value is -1.51. The summed E-state index contributed by atoms with van der Waals surface area (Å²) in [6.45, 7) is 4.05. The van der Waals surface area contributed by atoms with E-state index in [1.807, 2.05) is 13.8 Å². The summed E-state index contributed by atoms with van der Waals surface area (Å²) in [6, 6.07) is 6.73. The van der Waals surface area contributed by atoms with Crippen LogP contribution in [0.5, 0.6) is 5.75 Å². The normalized spacial score (nSPS) is 10.3. The summed E-state index contributed by atoms with van der Waals surface area (Å²) in [4.78, 5) is 10.9. The van der Waals surface area contributed by atoms with Crippen LogP contribution < -0.4 is 4.74 Å². The molecule has 0 heterocycles. The molecule has 0 aliphatic rings. The van der Waals surface area contributed by atoms with Gasteiger partial charge in [0.25, 0.3) is 0 Å². The van der Waals surface area contributed by atoms with Crippen LogP contribution in [0.4, 0.5) is 0 Å². The van der Waals surface area contributed by atoms with Gasteiger partial charge in [-0.2, -0.15) is 0 Å². The van der Waals surface area contributed by atoms with Crippen molar-refractivity contribution < 1.29 is 14.6 Å². The summed E-state index contributed by atoms with van der Waals surface area (Å²) in [7, 11) is 0. The molecule has 0 fully saturated rings. The van der Waals surface area contributed by atoms with Crippen molar-refractivity contribution in [2.24, 2.45) is 0 Å². The number of carboxylic acids is 1. The molecular formula is C12H16O3. The molecule has 1 rings (SSSR count). The highest BCUT2D eigenvalue weighted by atomic mass is 16.5. The lowest BCUT2D eigenvalue weighted by Crippen LogP contribution is -2.15. The zero-order valence-electron chi connectivity index (χ0n) is 9.06. The Bertz CT molecular complexity index is 329. The van der Waals surface area contributed by atoms with Crippen molar-refractivity contribution in [3.8, 4) is 5.75 Å². The molecule has 0 atom stereocenters. The van der Waals surface area contributed by atoms with Crippen LogP contribution in [0.1, 0.15) is 37.0 Å². The van der Waals surface area contributed by atoms with Gasteiger partial charge in [-0.15, -0.1) is 0 Å². The van der Waals surface area contributed by atoms with Crippen LogP contribution in [0.25, 0.3) is 0 Å². The van der Waals surface area contributed by atoms with E-state index >= 15 is 0 Å². The molecule has 1 N–H and O–H groups in total. The number of carboxylic acid groups (broad SMARTS) is 1. The predicted molar refractivity (Wildman–Crippen MR) is 58.4 cm³/mol. The summed E-state index contributed by atoms with van der Waals surface area (Å²) < 4.78 is 5.62. The summed E-state index contributed by atoms with van der Waals surface area (Å²) in [5.41, 5.74) is 0.226. The average Bonchev–Trinajstić information content (AvgIpc) is 2.26. The fourth-order valence-corrected chi connectivity index (χ4v) is 1.38. The van der Waals surface area contributed by atoms with Gasteiger partial charge < -0.3 is 9.84 Å². The molecule has 15 heavy (non-hydrogen) atoms. The predicted octanol–water partition coefficient (Wildman–Crippen LogP) is 2.95. The Kier molecular flexibility index (Phi) is 4.16. The Morgan fingerprint density at radius 1 is 1.33 bits per heavy atom. The first-order valence-electron chi connectivity index (χ1n) is 5.18. The van der Waals surface area contributed by atoms with Crippen molar-refractivity contribution in [3.63, 3.8) is 0 Å². The van der Waals surface area contributed by atoms with E-state index in [0.29, 0.717) is 5.75 Å². The van der Waals surface area contributed by atoms with Crippen molar-refractivity contribution in [2.45, 2.75) is 32.8 Å². The molecule has 0 amide bonds. The molecule has 0 spiro atoms. The lowest BCUT2D eigenvalue weighted by atomic mass is 10.2. The molecule has 3 heteroatoms. The first-order valence-corrected chi connectivity index (χ1v) is 5.18. The summed E-state index contributed by atoms with van der Waals surface area (Å²) in [5.74, 6) is -0.491. The molecule has 0 aliphatic carbocycles. The number of hydrogen-bond acceptors (Lipinski definition) is 2. The second kappa shape index (κ2) is 5.39. The minimum atomic E-state index is -0.948. The maximum absolute atomic E-state index is 10.9. The lowest BCUT2D eigenvalue weighted by Gasteiger charge is -2.16. The molecule has 0 aromatic heterocycles. The quantitative estimate of drug-likeness (QED) is 0.809. The van der Waals surface area contributed by atoms with E-state index in [4.69, 9.17) is 9.84 Å². The number of para-hydroxylation sites is 1. The van der Waals surface area contributed by atoms with Crippen LogP contribution in [0.3, 0.4) is 0 Å². The number of ether oxygens (including phenoxy) is 1. The minimum Gasteiger partial charge on any atom is -0.490 e. The zero-order valence-corrected chi connectivity index (χ0v) is 9.06. The van der Waals surface area contributed by atoms with Crippen molar-refractivity contribution in [2.75, 3.05) is 0 Å². The molecule has 0 saturated carbocycles. The third-order valence-electron chi connectivity index (χ3n) is 2.32. The molecule has 1 aromatic rings. The third kappa shape index (κ3) is 2.98. The maximum atomic E-state index is 10.9. The fourth-order valence-electron chi connectivity index (χ4n) is 1.38. The number of carbonyl (C=O) groups is 1. The number of benzene rings is 1. The Balaban J connectivity index is 2.88. The average molecular weight is 208 g/mol. The van der Waals surface area contributed by atoms with Gasteiger partial charge in [0.2, 0.25) is 0 Å². The van der Waals surface area contributed by atoms with E-state index in [1.165, 1.54) is 0 Å². The van der Waals surface area contributed by atoms with Gasteiger partial charge in [0.1, 0.15) is 11.3 Å². The molecule has 0 aliphatic heterocycles. The number of aromatic carboxylic acids is 1. The largest absolute Gasteiger partial charge is 0.490 e. The van der Waals surface area contributed by atoms with E-state index < -0.39 is 5.97 Å². The maximum Gasteiger partial charge on any atom is 0.339 e. The standard InChI is InChI=1S/C12H16O3/c1-3-9(4-2)15-11-8-6-5-7-10(11)12(13)14/h5-9H,3-4H2,1-2H3,(H,13,14). The van der Waals surface area contributed by atoms with E-state index in [9.17, 15) is 4.79 Å². The monoisotopic (exact) mass is 208 g/mol. The van der Waals surface area contributed by atoms with E-state index in [2.05, 4.69) is 0 Å². The van der Waals surface area contributed by atoms with E-state index in [0.717, 1.165) is 12.8 Å². The van der Waals surface area contributed by atoms with Gasteiger partial charge in [0.15, 0.2) is 0 Å². The van der Waals surface area contributed by atoms with Crippen molar-refractivity contribution >= 4 is 5.97 Å². The molecular weight excluding hydrogens is 192 g/mol. The Morgan fingerprint density at radius 2 is 1.93 bits per heavy atom. The molecule has 0 radical (unpaired) electrons. The van der Waals surface area contributed by atoms with Gasteiger partial charge in [0.05, 0.1) is 6.10 Å². The first-order chi connectivity index (χ1) is 7.19. The topological polar surface area (TPSA) is 46.5 Å². The van der Waals surface area contributed by atoms with Crippen molar-refractivity contribution in [3.05, 3.63) is 29.8 Å². The van der Waals surface area contributed by atoms with Crippen LogP contribution in [0.15, 0.2) is 24.3 Å². The summed E-state index contributed by atoms with van der Waals surface area (Å²) >= 11 is 0. The highest BCUT2D eigenvalue weighted by Gasteiger charge is 2.13. The lowest BCUT2D eigenvalue weighted by molar-refractivity contribution is 0.0688. The molecule has 0 saturated heterocycles. The molecule has 1 aromatic carbocycles. The highest BCUT2D eigenvalue weighted by Crippen LogP contribution is 2.20. The van der Waals surface area contributed by atoms with Crippen molar-refractivity contribution in [1.29, 1.82) is 0 Å². The van der Waals surface area contributed by atoms with Gasteiger partial charge in [0, 0.05) is 0 Å². The second-order valence-electron chi connectivity index (χ2n) is 3.36. The Morgan fingerprint density at radius 3 is 2.47 bits per heavy atom. The van der Waals surface area contributed by atoms with E-state index in [1.54, 1.807) is 24.3 Å². The van der Waals surface area contributed by atoms with Gasteiger partial charge in [-0.25, -0.2) is 4.79 Å². The van der Waals surface area contributed by atoms with Gasteiger partial charge in [-0.3, -0.25) is 0 Å². The molecule has 82 valence electrons. The number of rotatable bonds is 5. The molecule has 3 nitrogen and oxygen atoms in total. The second-order valence-corrected chi connectivity index (χ2v) is 3.36. The van der Waals surface area contributed by atoms with Gasteiger partial charge in [-0.05, 0) is 25.0 Å². The number of hydrogen-bond donors (Lipinski definition) is 1. The zero-order chi connectivity index (χ0) is 11.3. The highest BCUT2D eigenvalue weighted by molar-refractivity contribution is 5.90. The Labute approximate surface area is 89.7 Å². The van der Waals surface area contributed by atoms with Gasteiger partial charge >= 0.3 is 5.97 Å². The third-order valence-corrected chi connectivity index (χ3v) is 2.32. The molecule has 0 bridgehead atoms. The summed E-state index contributed by atoms with van der Waals surface area (Å²) in [6.07, 6.45) is 1.85. The van der Waals surface area contributed by atoms with E-state index in [-0.39, 0.29) is 11.7 Å². The summed E-state index contributed by atoms with van der Waals surface area (Å²) in [5, 5.41) is 8.94. The smallest absolute Gasteiger partial charge is 0.339 e.